The number of carbonyl (C=O) groups is 2. The SMILES string of the molecule is Nc1ccc(COC(=O)NC(CC(=O)O)c2ccccc2)cc1. The number of aliphatic carboxylic acids is 1. The number of nitrogen functional groups attached to an aromatic ring is 1. The molecule has 0 spiro atoms. The predicted octanol–water partition coefficient (Wildman–Crippen LogP) is 2.71. The van der Waals surface area contributed by atoms with Crippen LogP contribution < -0.4 is 11.1 Å². The third-order valence-corrected chi connectivity index (χ3v) is 3.22. The lowest BCUT2D eigenvalue weighted by molar-refractivity contribution is -0.137. The van der Waals surface area contributed by atoms with Crippen molar-refractivity contribution in [3.8, 4) is 0 Å². The molecule has 4 N–H and O–H groups in total. The number of hydrogen-bond donors (Lipinski definition) is 3. The van der Waals surface area contributed by atoms with Gasteiger partial charge in [0.15, 0.2) is 0 Å². The largest absolute Gasteiger partial charge is 0.481 e. The zero-order chi connectivity index (χ0) is 16.7. The van der Waals surface area contributed by atoms with Crippen LogP contribution in [0.1, 0.15) is 23.6 Å². The van der Waals surface area contributed by atoms with Crippen LogP contribution in [0.4, 0.5) is 10.5 Å². The highest BCUT2D eigenvalue weighted by Crippen LogP contribution is 2.17. The van der Waals surface area contributed by atoms with E-state index in [1.54, 1.807) is 48.5 Å². The molecule has 1 amide bonds. The van der Waals surface area contributed by atoms with Gasteiger partial charge in [-0.05, 0) is 23.3 Å². The van der Waals surface area contributed by atoms with Gasteiger partial charge < -0.3 is 20.9 Å². The number of benzene rings is 2. The lowest BCUT2D eigenvalue weighted by atomic mass is 10.0. The average Bonchev–Trinajstić information content (AvgIpc) is 2.54. The quantitative estimate of drug-likeness (QED) is 0.712. The van der Waals surface area contributed by atoms with Crippen molar-refractivity contribution in [3.63, 3.8) is 0 Å². The lowest BCUT2D eigenvalue weighted by Gasteiger charge is -2.17. The molecule has 0 aromatic heterocycles. The number of carboxylic acid groups (broad SMARTS) is 1. The number of ether oxygens (including phenoxy) is 1. The third-order valence-electron chi connectivity index (χ3n) is 3.22. The molecular formula is C17H18N2O4. The Morgan fingerprint density at radius 3 is 2.35 bits per heavy atom. The monoisotopic (exact) mass is 314 g/mol. The molecule has 120 valence electrons. The van der Waals surface area contributed by atoms with E-state index in [4.69, 9.17) is 15.6 Å². The van der Waals surface area contributed by atoms with Gasteiger partial charge in [0, 0.05) is 5.69 Å². The van der Waals surface area contributed by atoms with Crippen molar-refractivity contribution in [1.29, 1.82) is 0 Å². The van der Waals surface area contributed by atoms with Gasteiger partial charge in [0.25, 0.3) is 0 Å². The molecule has 0 heterocycles. The smallest absolute Gasteiger partial charge is 0.407 e. The molecule has 1 atom stereocenters. The molecule has 0 aliphatic heterocycles. The number of nitrogens with two attached hydrogens (primary N) is 1. The van der Waals surface area contributed by atoms with Crippen molar-refractivity contribution < 1.29 is 19.4 Å². The fourth-order valence-electron chi connectivity index (χ4n) is 2.06. The topological polar surface area (TPSA) is 102 Å². The Morgan fingerprint density at radius 2 is 1.74 bits per heavy atom. The fraction of sp³-hybridized carbons (Fsp3) is 0.176. The average molecular weight is 314 g/mol. The summed E-state index contributed by atoms with van der Waals surface area (Å²) in [6, 6.07) is 15.2. The summed E-state index contributed by atoms with van der Waals surface area (Å²) in [5.74, 6) is -1.00. The minimum Gasteiger partial charge on any atom is -0.481 e. The molecule has 0 aliphatic rings. The number of nitrogens with one attached hydrogen (secondary N) is 1. The van der Waals surface area contributed by atoms with Gasteiger partial charge in [-0.25, -0.2) is 4.79 Å². The summed E-state index contributed by atoms with van der Waals surface area (Å²) in [6.45, 7) is 0.0840. The second kappa shape index (κ2) is 7.84. The van der Waals surface area contributed by atoms with Crippen LogP contribution in [-0.4, -0.2) is 17.2 Å². The Bertz CT molecular complexity index is 656. The second-order valence-electron chi connectivity index (χ2n) is 5.02. The maximum absolute atomic E-state index is 11.9. The van der Waals surface area contributed by atoms with Gasteiger partial charge in [-0.15, -0.1) is 0 Å². The fourth-order valence-corrected chi connectivity index (χ4v) is 2.06. The Balaban J connectivity index is 1.94. The summed E-state index contributed by atoms with van der Waals surface area (Å²) in [4.78, 5) is 22.9. The Kier molecular flexibility index (Phi) is 5.57. The van der Waals surface area contributed by atoms with Gasteiger partial charge >= 0.3 is 12.1 Å². The summed E-state index contributed by atoms with van der Waals surface area (Å²) >= 11 is 0. The molecule has 0 radical (unpaired) electrons. The van der Waals surface area contributed by atoms with E-state index in [1.807, 2.05) is 6.07 Å². The molecular weight excluding hydrogens is 296 g/mol. The van der Waals surface area contributed by atoms with Crippen LogP contribution in [0.15, 0.2) is 54.6 Å². The highest BCUT2D eigenvalue weighted by molar-refractivity contribution is 5.72. The minimum absolute atomic E-state index is 0.0840. The van der Waals surface area contributed by atoms with E-state index in [0.29, 0.717) is 11.3 Å². The Hall–Kier alpha value is -3.02. The highest BCUT2D eigenvalue weighted by atomic mass is 16.5. The van der Waals surface area contributed by atoms with Crippen LogP contribution in [0.2, 0.25) is 0 Å². The number of amides is 1. The number of rotatable bonds is 6. The maximum atomic E-state index is 11.9. The first-order valence-corrected chi connectivity index (χ1v) is 7.09. The van der Waals surface area contributed by atoms with E-state index in [0.717, 1.165) is 5.56 Å². The second-order valence-corrected chi connectivity index (χ2v) is 5.02. The maximum Gasteiger partial charge on any atom is 0.407 e. The standard InChI is InChI=1S/C17H18N2O4/c18-14-8-6-12(7-9-14)11-23-17(22)19-15(10-16(20)21)13-4-2-1-3-5-13/h1-9,15H,10-11,18H2,(H,19,22)(H,20,21). The number of carboxylic acids is 1. The summed E-state index contributed by atoms with van der Waals surface area (Å²) in [5, 5.41) is 11.6. The first-order chi connectivity index (χ1) is 11.0. The van der Waals surface area contributed by atoms with Crippen LogP contribution in [-0.2, 0) is 16.1 Å². The van der Waals surface area contributed by atoms with E-state index in [9.17, 15) is 9.59 Å². The summed E-state index contributed by atoms with van der Waals surface area (Å²) < 4.78 is 5.12. The molecule has 2 aromatic rings. The zero-order valence-electron chi connectivity index (χ0n) is 12.4. The number of carbonyl (C=O) groups excluding carboxylic acids is 1. The first-order valence-electron chi connectivity index (χ1n) is 7.09. The molecule has 2 rings (SSSR count). The number of alkyl carbamates (subject to hydrolysis) is 1. The van der Waals surface area contributed by atoms with Gasteiger partial charge in [0.2, 0.25) is 0 Å². The van der Waals surface area contributed by atoms with Crippen molar-refractivity contribution in [3.05, 3.63) is 65.7 Å². The van der Waals surface area contributed by atoms with Crippen molar-refractivity contribution >= 4 is 17.7 Å². The third kappa shape index (κ3) is 5.35. The van der Waals surface area contributed by atoms with Crippen LogP contribution in [0.25, 0.3) is 0 Å². The van der Waals surface area contributed by atoms with Crippen molar-refractivity contribution in [1.82, 2.24) is 5.32 Å². The molecule has 0 aliphatic carbocycles. The number of hydrogen-bond acceptors (Lipinski definition) is 4. The van der Waals surface area contributed by atoms with Crippen LogP contribution in [0, 0.1) is 0 Å². The number of anilines is 1. The zero-order valence-corrected chi connectivity index (χ0v) is 12.4. The molecule has 0 fully saturated rings. The van der Waals surface area contributed by atoms with Gasteiger partial charge in [-0.2, -0.15) is 0 Å². The van der Waals surface area contributed by atoms with E-state index in [1.165, 1.54) is 0 Å². The van der Waals surface area contributed by atoms with Crippen LogP contribution in [0.5, 0.6) is 0 Å². The summed E-state index contributed by atoms with van der Waals surface area (Å²) in [6.07, 6.45) is -0.891. The van der Waals surface area contributed by atoms with E-state index in [-0.39, 0.29) is 13.0 Å². The van der Waals surface area contributed by atoms with E-state index >= 15 is 0 Å². The van der Waals surface area contributed by atoms with Gasteiger partial charge in [-0.1, -0.05) is 42.5 Å². The van der Waals surface area contributed by atoms with Gasteiger partial charge in [0.1, 0.15) is 6.61 Å². The van der Waals surface area contributed by atoms with Crippen molar-refractivity contribution in [2.24, 2.45) is 0 Å². The Morgan fingerprint density at radius 1 is 1.09 bits per heavy atom. The molecule has 1 unspecified atom stereocenters. The minimum atomic E-state index is -1.00. The molecule has 0 saturated heterocycles. The normalized spacial score (nSPS) is 11.5. The molecule has 0 saturated carbocycles. The summed E-state index contributed by atoms with van der Waals surface area (Å²) in [7, 11) is 0. The predicted molar refractivity (Wildman–Crippen MR) is 85.6 cm³/mol. The highest BCUT2D eigenvalue weighted by Gasteiger charge is 2.18. The van der Waals surface area contributed by atoms with Crippen LogP contribution >= 0.6 is 0 Å². The van der Waals surface area contributed by atoms with Crippen LogP contribution in [0.3, 0.4) is 0 Å². The molecule has 0 bridgehead atoms. The van der Waals surface area contributed by atoms with E-state index < -0.39 is 18.1 Å². The molecule has 23 heavy (non-hydrogen) atoms. The molecule has 2 aromatic carbocycles. The first kappa shape index (κ1) is 16.4. The molecule has 6 heteroatoms. The van der Waals surface area contributed by atoms with E-state index in [2.05, 4.69) is 5.32 Å². The lowest BCUT2D eigenvalue weighted by Crippen LogP contribution is -2.30. The van der Waals surface area contributed by atoms with Gasteiger partial charge in [0.05, 0.1) is 12.5 Å². The van der Waals surface area contributed by atoms with Crippen molar-refractivity contribution in [2.45, 2.75) is 19.1 Å². The summed E-state index contributed by atoms with van der Waals surface area (Å²) in [5.41, 5.74) is 7.72. The van der Waals surface area contributed by atoms with Gasteiger partial charge in [-0.3, -0.25) is 4.79 Å². The Labute approximate surface area is 133 Å². The molecule has 6 nitrogen and oxygen atoms in total. The van der Waals surface area contributed by atoms with Crippen molar-refractivity contribution in [2.75, 3.05) is 5.73 Å².